The van der Waals surface area contributed by atoms with Gasteiger partial charge >= 0.3 is 0 Å². The van der Waals surface area contributed by atoms with Crippen LogP contribution in [0.2, 0.25) is 0 Å². The Morgan fingerprint density at radius 3 is 2.75 bits per heavy atom. The fourth-order valence-electron chi connectivity index (χ4n) is 3.62. The van der Waals surface area contributed by atoms with Crippen molar-refractivity contribution in [1.29, 1.82) is 0 Å². The van der Waals surface area contributed by atoms with Crippen LogP contribution in [-0.4, -0.2) is 26.4 Å². The van der Waals surface area contributed by atoms with Gasteiger partial charge in [0.1, 0.15) is 11.6 Å². The van der Waals surface area contributed by atoms with Crippen LogP contribution in [0.25, 0.3) is 0 Å². The summed E-state index contributed by atoms with van der Waals surface area (Å²) in [6.07, 6.45) is 3.95. The number of hydrogen-bond acceptors (Lipinski definition) is 6. The highest BCUT2D eigenvalue weighted by Gasteiger charge is 2.31. The number of carbonyl (C=O) groups is 1. The highest BCUT2D eigenvalue weighted by molar-refractivity contribution is 7.99. The third-order valence-corrected chi connectivity index (χ3v) is 7.36. The molecular formula is C24H24N4O2S2. The minimum absolute atomic E-state index is 0.0329. The molecule has 1 aliphatic rings. The minimum atomic E-state index is -0.160. The lowest BCUT2D eigenvalue weighted by molar-refractivity contribution is -0.119. The van der Waals surface area contributed by atoms with Crippen molar-refractivity contribution >= 4 is 29.0 Å². The molecule has 1 fully saturated rings. The molecule has 1 amide bonds. The van der Waals surface area contributed by atoms with Crippen molar-refractivity contribution in [3.05, 3.63) is 87.8 Å². The lowest BCUT2D eigenvalue weighted by atomic mass is 10.0. The number of nitrogens with one attached hydrogen (secondary N) is 1. The maximum Gasteiger partial charge on any atom is 0.231 e. The third-order valence-electron chi connectivity index (χ3n) is 5.46. The van der Waals surface area contributed by atoms with E-state index in [0.717, 1.165) is 40.0 Å². The molecule has 4 aromatic rings. The van der Waals surface area contributed by atoms with E-state index in [0.29, 0.717) is 12.5 Å². The second kappa shape index (κ2) is 9.34. The Balaban J connectivity index is 1.29. The summed E-state index contributed by atoms with van der Waals surface area (Å²) in [5.41, 5.74) is 2.27. The Morgan fingerprint density at radius 2 is 2.06 bits per heavy atom. The summed E-state index contributed by atoms with van der Waals surface area (Å²) in [5.74, 6) is 2.55. The first-order valence-corrected chi connectivity index (χ1v) is 12.5. The molecule has 3 heterocycles. The highest BCUT2D eigenvalue weighted by Crippen LogP contribution is 2.40. The number of benzene rings is 1. The fourth-order valence-corrected chi connectivity index (χ4v) is 5.18. The summed E-state index contributed by atoms with van der Waals surface area (Å²) in [6.45, 7) is 2.64. The average molecular weight is 465 g/mol. The SMILES string of the molecule is Cc1ccc(C(NC(=O)CSc2nnc(C3CC3)n2Cc2ccco2)c2cccs2)cc1. The lowest BCUT2D eigenvalue weighted by Gasteiger charge is -2.18. The molecule has 1 aliphatic carbocycles. The molecule has 1 N–H and O–H groups in total. The van der Waals surface area contributed by atoms with E-state index in [-0.39, 0.29) is 17.7 Å². The van der Waals surface area contributed by atoms with Gasteiger partial charge in [0, 0.05) is 10.8 Å². The quantitative estimate of drug-likeness (QED) is 0.346. The van der Waals surface area contributed by atoms with Crippen LogP contribution in [0.1, 0.15) is 52.4 Å². The van der Waals surface area contributed by atoms with Gasteiger partial charge < -0.3 is 9.73 Å². The summed E-state index contributed by atoms with van der Waals surface area (Å²) in [6, 6.07) is 16.1. The molecular weight excluding hydrogens is 440 g/mol. The summed E-state index contributed by atoms with van der Waals surface area (Å²) in [5, 5.41) is 14.8. The Labute approximate surface area is 195 Å². The second-order valence-electron chi connectivity index (χ2n) is 8.00. The van der Waals surface area contributed by atoms with Gasteiger partial charge in [0.15, 0.2) is 5.16 Å². The summed E-state index contributed by atoms with van der Waals surface area (Å²) < 4.78 is 7.62. The minimum Gasteiger partial charge on any atom is -0.467 e. The summed E-state index contributed by atoms with van der Waals surface area (Å²) in [4.78, 5) is 14.1. The molecule has 0 radical (unpaired) electrons. The normalized spacial score (nSPS) is 14.4. The molecule has 0 spiro atoms. The smallest absolute Gasteiger partial charge is 0.231 e. The predicted octanol–water partition coefficient (Wildman–Crippen LogP) is 5.16. The number of aromatic nitrogens is 3. The van der Waals surface area contributed by atoms with E-state index in [1.807, 2.05) is 23.6 Å². The third kappa shape index (κ3) is 4.81. The van der Waals surface area contributed by atoms with Crippen LogP contribution < -0.4 is 5.32 Å². The van der Waals surface area contributed by atoms with Gasteiger partial charge in [-0.1, -0.05) is 47.7 Å². The van der Waals surface area contributed by atoms with E-state index in [4.69, 9.17) is 4.42 Å². The number of hydrogen-bond donors (Lipinski definition) is 1. The molecule has 8 heteroatoms. The molecule has 0 saturated heterocycles. The number of thiophene rings is 1. The highest BCUT2D eigenvalue weighted by atomic mass is 32.2. The molecule has 0 bridgehead atoms. The molecule has 1 aromatic carbocycles. The number of nitrogens with zero attached hydrogens (tertiary/aromatic N) is 3. The number of amides is 1. The van der Waals surface area contributed by atoms with Crippen molar-refractivity contribution in [3.63, 3.8) is 0 Å². The van der Waals surface area contributed by atoms with E-state index < -0.39 is 0 Å². The van der Waals surface area contributed by atoms with E-state index in [1.165, 1.54) is 17.3 Å². The van der Waals surface area contributed by atoms with Crippen molar-refractivity contribution in [3.8, 4) is 0 Å². The Kier molecular flexibility index (Phi) is 6.14. The summed E-state index contributed by atoms with van der Waals surface area (Å²) >= 11 is 3.07. The zero-order chi connectivity index (χ0) is 21.9. The predicted molar refractivity (Wildman–Crippen MR) is 126 cm³/mol. The summed E-state index contributed by atoms with van der Waals surface area (Å²) in [7, 11) is 0. The molecule has 32 heavy (non-hydrogen) atoms. The van der Waals surface area contributed by atoms with Crippen LogP contribution in [0.3, 0.4) is 0 Å². The van der Waals surface area contributed by atoms with E-state index in [2.05, 4.69) is 57.3 Å². The zero-order valence-electron chi connectivity index (χ0n) is 17.7. The molecule has 1 atom stereocenters. The van der Waals surface area contributed by atoms with Gasteiger partial charge in [-0.3, -0.25) is 9.36 Å². The Bertz CT molecular complexity index is 1160. The second-order valence-corrected chi connectivity index (χ2v) is 9.92. The van der Waals surface area contributed by atoms with Crippen LogP contribution in [-0.2, 0) is 11.3 Å². The largest absolute Gasteiger partial charge is 0.467 e. The van der Waals surface area contributed by atoms with E-state index in [1.54, 1.807) is 17.6 Å². The maximum atomic E-state index is 12.9. The molecule has 3 aromatic heterocycles. The fraction of sp³-hybridized carbons (Fsp3) is 0.292. The molecule has 1 unspecified atom stereocenters. The van der Waals surface area contributed by atoms with Crippen molar-refractivity contribution in [2.45, 2.75) is 43.4 Å². The zero-order valence-corrected chi connectivity index (χ0v) is 19.4. The van der Waals surface area contributed by atoms with Crippen molar-refractivity contribution in [2.24, 2.45) is 0 Å². The first kappa shape index (κ1) is 21.0. The number of furan rings is 1. The first-order chi connectivity index (χ1) is 15.7. The Morgan fingerprint density at radius 1 is 1.22 bits per heavy atom. The van der Waals surface area contributed by atoms with Gasteiger partial charge in [-0.25, -0.2) is 0 Å². The van der Waals surface area contributed by atoms with Crippen molar-refractivity contribution in [1.82, 2.24) is 20.1 Å². The lowest BCUT2D eigenvalue weighted by Crippen LogP contribution is -2.30. The monoisotopic (exact) mass is 464 g/mol. The van der Waals surface area contributed by atoms with Crippen LogP contribution in [0.15, 0.2) is 69.7 Å². The number of carbonyl (C=O) groups excluding carboxylic acids is 1. The standard InChI is InChI=1S/C24H24N4O2S2/c1-16-6-8-17(9-7-16)22(20-5-3-13-31-20)25-21(29)15-32-24-27-26-23(18-10-11-18)28(24)14-19-4-2-12-30-19/h2-9,12-13,18,22H,10-11,14-15H2,1H3,(H,25,29). The average Bonchev–Trinajstić information content (AvgIpc) is 3.19. The van der Waals surface area contributed by atoms with Gasteiger partial charge in [0.2, 0.25) is 5.91 Å². The number of thioether (sulfide) groups is 1. The van der Waals surface area contributed by atoms with Crippen LogP contribution in [0.4, 0.5) is 0 Å². The van der Waals surface area contributed by atoms with Gasteiger partial charge in [-0.05, 0) is 48.9 Å². The number of aryl methyl sites for hydroxylation is 1. The topological polar surface area (TPSA) is 73.0 Å². The van der Waals surface area contributed by atoms with Gasteiger partial charge in [0.05, 0.1) is 24.6 Å². The van der Waals surface area contributed by atoms with Gasteiger partial charge in [0.25, 0.3) is 0 Å². The van der Waals surface area contributed by atoms with Gasteiger partial charge in [-0.15, -0.1) is 21.5 Å². The van der Waals surface area contributed by atoms with E-state index >= 15 is 0 Å². The van der Waals surface area contributed by atoms with Crippen molar-refractivity contribution in [2.75, 3.05) is 5.75 Å². The maximum absolute atomic E-state index is 12.9. The first-order valence-electron chi connectivity index (χ1n) is 10.6. The molecule has 1 saturated carbocycles. The number of rotatable bonds is 9. The van der Waals surface area contributed by atoms with Crippen LogP contribution in [0, 0.1) is 6.92 Å². The van der Waals surface area contributed by atoms with Crippen molar-refractivity contribution < 1.29 is 9.21 Å². The molecule has 164 valence electrons. The van der Waals surface area contributed by atoms with Gasteiger partial charge in [-0.2, -0.15) is 0 Å². The molecule has 5 rings (SSSR count). The van der Waals surface area contributed by atoms with Crippen LogP contribution >= 0.6 is 23.1 Å². The molecule has 6 nitrogen and oxygen atoms in total. The van der Waals surface area contributed by atoms with E-state index in [9.17, 15) is 4.79 Å². The molecule has 0 aliphatic heterocycles. The Hall–Kier alpha value is -2.84. The van der Waals surface area contributed by atoms with Crippen LogP contribution in [0.5, 0.6) is 0 Å².